The quantitative estimate of drug-likeness (QED) is 0.114. The van der Waals surface area contributed by atoms with Crippen LogP contribution in [-0.2, 0) is 40.9 Å². The van der Waals surface area contributed by atoms with Crippen LogP contribution in [-0.4, -0.2) is 19.9 Å². The van der Waals surface area contributed by atoms with E-state index in [1.54, 1.807) is 48.5 Å². The lowest BCUT2D eigenvalue weighted by Crippen LogP contribution is -2.30. The van der Waals surface area contributed by atoms with Crippen LogP contribution >= 0.6 is 0 Å². The van der Waals surface area contributed by atoms with Gasteiger partial charge in [-0.25, -0.2) is 18.3 Å². The van der Waals surface area contributed by atoms with E-state index in [4.69, 9.17) is 28.8 Å². The van der Waals surface area contributed by atoms with Crippen LogP contribution in [0.25, 0.3) is 90.1 Å². The third kappa shape index (κ3) is 16.4. The number of hydrogen-bond donors (Lipinski definition) is 0. The fourth-order valence-electron chi connectivity index (χ4n) is 10.3. The normalized spacial score (nSPS) is 16.1. The summed E-state index contributed by atoms with van der Waals surface area (Å²) < 4.78 is 171. The van der Waals surface area contributed by atoms with Gasteiger partial charge in [0.25, 0.3) is 0 Å². The first kappa shape index (κ1) is 42.1. The van der Waals surface area contributed by atoms with Gasteiger partial charge in [-0.3, -0.25) is 19.9 Å². The van der Waals surface area contributed by atoms with E-state index < -0.39 is 58.8 Å². The van der Waals surface area contributed by atoms with Gasteiger partial charge >= 0.3 is 0 Å². The average molecular weight is 1210 g/mol. The fourth-order valence-corrected chi connectivity index (χ4v) is 10.3. The molecule has 0 aliphatic heterocycles. The third-order valence-electron chi connectivity index (χ3n) is 15.2. The molecule has 4 aromatic carbocycles. The number of hydrogen-bond acceptors (Lipinski definition) is 4. The molecule has 1 atom stereocenters. The van der Waals surface area contributed by atoms with Crippen molar-refractivity contribution in [1.82, 2.24) is 19.9 Å². The third-order valence-corrected chi connectivity index (χ3v) is 15.2. The van der Waals surface area contributed by atoms with Crippen molar-refractivity contribution in [1.29, 1.82) is 0 Å². The summed E-state index contributed by atoms with van der Waals surface area (Å²) in [5.41, 5.74) is 17.9. The molecule has 8 heteroatoms. The van der Waals surface area contributed by atoms with E-state index in [0.29, 0.717) is 28.3 Å². The maximum absolute atomic E-state index is 8.38. The lowest BCUT2D eigenvalue weighted by molar-refractivity contribution is -0.660. The van der Waals surface area contributed by atoms with Gasteiger partial charge in [-0.1, -0.05) is 131 Å². The van der Waals surface area contributed by atoms with E-state index in [2.05, 4.69) is 43.6 Å². The Hall–Kier alpha value is -9.92. The lowest BCUT2D eigenvalue weighted by Gasteiger charge is -2.09. The van der Waals surface area contributed by atoms with Gasteiger partial charge in [0.1, 0.15) is 28.2 Å². The van der Waals surface area contributed by atoms with Crippen molar-refractivity contribution in [3.05, 3.63) is 288 Å². The van der Waals surface area contributed by atoms with Crippen molar-refractivity contribution >= 4 is 0 Å². The van der Waals surface area contributed by atoms with Crippen LogP contribution in [0.15, 0.2) is 243 Å². The van der Waals surface area contributed by atoms with Gasteiger partial charge in [-0.05, 0) is 154 Å². The van der Waals surface area contributed by atoms with Gasteiger partial charge in [0.05, 0.1) is 22.8 Å². The highest BCUT2D eigenvalue weighted by atomic mass is 14.9. The minimum atomic E-state index is -3.07. The first-order chi connectivity index (χ1) is 51.7. The summed E-state index contributed by atoms with van der Waals surface area (Å²) in [4.78, 5) is 17.4. The molecule has 12 aromatic rings. The van der Waals surface area contributed by atoms with Gasteiger partial charge < -0.3 is 0 Å². The van der Waals surface area contributed by atoms with E-state index in [0.717, 1.165) is 85.3 Å². The van der Waals surface area contributed by atoms with E-state index in [-0.39, 0.29) is 22.8 Å². The lowest BCUT2D eigenvalue weighted by atomic mass is 10.0. The monoisotopic (exact) mass is 1210 g/mol. The Balaban J connectivity index is 0.000000171. The van der Waals surface area contributed by atoms with Crippen LogP contribution in [0.4, 0.5) is 0 Å². The topological polar surface area (TPSA) is 67.1 Å². The molecular weight excluding hydrogens is 1100 g/mol. The smallest absolute Gasteiger partial charge is 0.213 e. The maximum Gasteiger partial charge on any atom is 0.213 e. The van der Waals surface area contributed by atoms with Crippen molar-refractivity contribution in [3.8, 4) is 90.1 Å². The molecule has 0 saturated heterocycles. The molecule has 0 N–H and O–H groups in total. The molecule has 0 saturated carbocycles. The molecule has 0 amide bonds. The second-order valence-electron chi connectivity index (χ2n) is 21.8. The first-order valence-corrected chi connectivity index (χ1v) is 29.3. The predicted molar refractivity (Wildman–Crippen MR) is 371 cm³/mol. The van der Waals surface area contributed by atoms with Gasteiger partial charge in [-0.2, -0.15) is 0 Å². The number of aromatic nitrogens is 8. The van der Waals surface area contributed by atoms with Crippen LogP contribution < -0.4 is 18.3 Å². The Bertz CT molecular complexity index is 5300. The molecule has 0 aliphatic carbocycles. The Morgan fingerprint density at radius 3 is 1.12 bits per heavy atom. The Kier molecular flexibility index (Phi) is 14.2. The molecule has 0 radical (unpaired) electrons. The van der Waals surface area contributed by atoms with Crippen LogP contribution in [0.5, 0.6) is 0 Å². The summed E-state index contributed by atoms with van der Waals surface area (Å²) in [6.07, 6.45) is 2.70. The van der Waals surface area contributed by atoms with E-state index >= 15 is 0 Å². The summed E-state index contributed by atoms with van der Waals surface area (Å²) in [5, 5.41) is 0. The maximum atomic E-state index is 8.38. The molecule has 1 unspecified atom stereocenters. The molecule has 8 nitrogen and oxygen atoms in total. The highest BCUT2D eigenvalue weighted by Gasteiger charge is 2.19. The number of benzene rings is 4. The number of aryl methyl sites for hydroxylation is 10. The summed E-state index contributed by atoms with van der Waals surface area (Å²) in [5.74, 6) is -5.17. The minimum Gasteiger partial charge on any atom is -0.253 e. The SMILES string of the molecule is [2H]C([2H])([2H])C([2H])(C)C([2H])([2H])c1cccc(-c2cc[n+](C)c(-c3ccccc3C)c2)n1.[2H]C([2H])([2H])C([2H])([2H])c1cccc(-c2cc[n+](C)c(-c3ccccc3C)c2)n1.[2H]C([2H])([2H])C([2H])(c1cccc(-c2cc[n+](C)c(-c3ccccc3C)c2)n1)C([2H])([2H])[2H].[2H]C([2H])([2H])c1cccc(-c2cc[n+](C)c(-c3ccccc3C)c2)n1. The Morgan fingerprint density at radius 2 is 0.744 bits per heavy atom. The highest BCUT2D eigenvalue weighted by Crippen LogP contribution is 2.30. The predicted octanol–water partition coefficient (Wildman–Crippen LogP) is 17.4. The summed E-state index contributed by atoms with van der Waals surface area (Å²) in [7, 11) is 7.84. The van der Waals surface area contributed by atoms with Crippen molar-refractivity contribution in [2.24, 2.45) is 34.1 Å². The standard InChI is InChI=1S/C22H25N2.C21H23N2.C20H21N2.C19H19N2/c1-16(2)14-19-9-7-11-21(23-19)18-12-13-24(4)22(15-18)20-10-6-5-8-17(20)3;1-15(2)19-10-7-11-20(22-19)17-12-13-23(4)21(14-17)18-9-6-5-8-16(18)3;1-4-17-9-7-11-19(21-17)16-12-13-22(3)20(14-16)18-10-6-5-8-15(18)2;1-14-7-4-5-9-17(14)19-13-16(11-12-21(19)3)18-10-6-8-15(2)20-18/h5-13,15-16H,14H2,1-4H3;5-15H,1-4H3;5-14H,4H2,1-3H3;4-13H,1-3H3/q4*+1/i1D3,14D2,16D;1D3,2D3,15D;1D3,4D2;2D3. The van der Waals surface area contributed by atoms with E-state index in [9.17, 15) is 0 Å². The zero-order valence-electron chi connectivity index (χ0n) is 73.2. The van der Waals surface area contributed by atoms with Gasteiger partial charge in [0, 0.05) is 145 Å². The summed E-state index contributed by atoms with van der Waals surface area (Å²) >= 11 is 0. The zero-order valence-corrected chi connectivity index (χ0v) is 52.2. The number of rotatable bonds is 12. The van der Waals surface area contributed by atoms with Crippen molar-refractivity contribution in [2.75, 3.05) is 0 Å². The van der Waals surface area contributed by atoms with Gasteiger partial charge in [0.2, 0.25) is 22.8 Å². The summed E-state index contributed by atoms with van der Waals surface area (Å²) in [6, 6.07) is 67.0. The largest absolute Gasteiger partial charge is 0.253 e. The van der Waals surface area contributed by atoms with E-state index in [1.165, 1.54) is 23.8 Å². The Labute approximate surface area is 565 Å². The van der Waals surface area contributed by atoms with Crippen LogP contribution in [0, 0.1) is 40.4 Å². The second-order valence-corrected chi connectivity index (χ2v) is 21.8. The summed E-state index contributed by atoms with van der Waals surface area (Å²) in [6.45, 7) is -4.65. The van der Waals surface area contributed by atoms with Gasteiger partial charge in [0.15, 0.2) is 24.8 Å². The zero-order chi connectivity index (χ0) is 81.8. The molecule has 12 rings (SSSR count). The highest BCUT2D eigenvalue weighted by molar-refractivity contribution is 5.72. The van der Waals surface area contributed by atoms with Gasteiger partial charge in [-0.15, -0.1) is 0 Å². The number of nitrogens with zero attached hydrogens (tertiary/aromatic N) is 8. The van der Waals surface area contributed by atoms with Crippen LogP contribution in [0.1, 0.15) is 114 Å². The second kappa shape index (κ2) is 30.3. The molecule has 452 valence electrons. The minimum absolute atomic E-state index is 0.0701. The molecule has 0 bridgehead atoms. The molecular formula is C82H88N8+4. The van der Waals surface area contributed by atoms with Crippen LogP contribution in [0.2, 0.25) is 0 Å². The molecule has 8 heterocycles. The van der Waals surface area contributed by atoms with E-state index in [1.807, 2.05) is 227 Å². The molecule has 0 fully saturated rings. The number of pyridine rings is 8. The molecule has 8 aromatic heterocycles. The van der Waals surface area contributed by atoms with Crippen LogP contribution in [0.3, 0.4) is 0 Å². The molecule has 90 heavy (non-hydrogen) atoms. The first-order valence-electron chi connectivity index (χ1n) is 39.8. The average Bonchev–Trinajstić information content (AvgIpc) is 0.746. The van der Waals surface area contributed by atoms with Crippen molar-refractivity contribution in [2.45, 2.75) is 87.5 Å². The Morgan fingerprint density at radius 1 is 0.389 bits per heavy atom. The van der Waals surface area contributed by atoms with Crippen molar-refractivity contribution < 1.29 is 47.1 Å². The van der Waals surface area contributed by atoms with Crippen molar-refractivity contribution in [3.63, 3.8) is 0 Å². The molecule has 0 aliphatic rings. The molecule has 0 spiro atoms. The fraction of sp³-hybridized carbons (Fsp3) is 0.220.